The molecular formula is C21H25BrN2O4. The lowest BCUT2D eigenvalue weighted by molar-refractivity contribution is 0.0914. The first-order valence-corrected chi connectivity index (χ1v) is 9.84. The maximum absolute atomic E-state index is 12.7. The van der Waals surface area contributed by atoms with Crippen molar-refractivity contribution in [2.45, 2.75) is 19.9 Å². The van der Waals surface area contributed by atoms with E-state index in [4.69, 9.17) is 14.2 Å². The number of benzene rings is 2. The lowest BCUT2D eigenvalue weighted by atomic mass is 9.99. The number of hydrogen-bond donors (Lipinski definition) is 1. The van der Waals surface area contributed by atoms with E-state index in [1.807, 2.05) is 25.1 Å². The van der Waals surface area contributed by atoms with E-state index in [9.17, 15) is 4.79 Å². The van der Waals surface area contributed by atoms with Gasteiger partial charge in [0, 0.05) is 17.6 Å². The van der Waals surface area contributed by atoms with Gasteiger partial charge in [-0.1, -0.05) is 15.9 Å². The predicted molar refractivity (Wildman–Crippen MR) is 111 cm³/mol. The van der Waals surface area contributed by atoms with Gasteiger partial charge in [-0.15, -0.1) is 0 Å². The molecule has 0 unspecified atom stereocenters. The Balaban J connectivity index is 1.69. The Hall–Kier alpha value is -2.25. The molecule has 1 heterocycles. The van der Waals surface area contributed by atoms with E-state index < -0.39 is 0 Å². The standard InChI is InChI=1S/C21H25BrN2O4/c1-13-7-16(22)10-17(20(13)28-4)21(25)23-12-24-6-5-14-8-18(26-2)19(27-3)9-15(14)11-24/h7-10H,5-6,11-12H2,1-4H3,(H,23,25)/i22-4. The van der Waals surface area contributed by atoms with E-state index in [2.05, 4.69) is 26.1 Å². The molecule has 0 atom stereocenters. The SMILES string of the molecule is COc1cc2c(cc1OC)CN(CNC(=O)c1cc([76Br])cc(C)c1OC)CC2. The number of carbonyl (C=O) groups is 1. The van der Waals surface area contributed by atoms with Crippen LogP contribution in [0.15, 0.2) is 28.7 Å². The molecule has 6 nitrogen and oxygen atoms in total. The molecule has 0 saturated carbocycles. The predicted octanol–water partition coefficient (Wildman–Crippen LogP) is 3.53. The number of methoxy groups -OCH3 is 3. The number of ether oxygens (including phenoxy) is 3. The maximum atomic E-state index is 12.7. The highest BCUT2D eigenvalue weighted by Crippen LogP contribution is 2.33. The quantitative estimate of drug-likeness (QED) is 0.738. The monoisotopic (exact) mass is 445 g/mol. The minimum absolute atomic E-state index is 0.153. The molecule has 2 aromatic carbocycles. The number of aryl methyl sites for hydroxylation is 1. The number of hydrogen-bond acceptors (Lipinski definition) is 5. The van der Waals surface area contributed by atoms with Crippen molar-refractivity contribution in [3.63, 3.8) is 0 Å². The number of nitrogens with zero attached hydrogens (tertiary/aromatic N) is 1. The second kappa shape index (κ2) is 8.84. The van der Waals surface area contributed by atoms with Crippen molar-refractivity contribution in [3.05, 3.63) is 51.0 Å². The van der Waals surface area contributed by atoms with Crippen molar-refractivity contribution in [3.8, 4) is 17.2 Å². The fraction of sp³-hybridized carbons (Fsp3) is 0.381. The van der Waals surface area contributed by atoms with E-state index >= 15 is 0 Å². The van der Waals surface area contributed by atoms with Crippen LogP contribution in [0.2, 0.25) is 0 Å². The summed E-state index contributed by atoms with van der Waals surface area (Å²) in [5, 5.41) is 3.01. The molecule has 0 spiro atoms. The molecule has 1 aliphatic rings. The van der Waals surface area contributed by atoms with Crippen molar-refractivity contribution < 1.29 is 19.0 Å². The topological polar surface area (TPSA) is 60.0 Å². The largest absolute Gasteiger partial charge is 0.496 e. The molecule has 0 bridgehead atoms. The Labute approximate surface area is 173 Å². The normalized spacial score (nSPS) is 13.6. The molecule has 3 rings (SSSR count). The van der Waals surface area contributed by atoms with Gasteiger partial charge in [-0.05, 0) is 54.3 Å². The van der Waals surface area contributed by atoms with Gasteiger partial charge < -0.3 is 19.5 Å². The molecule has 0 aliphatic carbocycles. The summed E-state index contributed by atoms with van der Waals surface area (Å²) >= 11 is 3.45. The molecular weight excluding hydrogens is 420 g/mol. The zero-order valence-electron chi connectivity index (χ0n) is 16.6. The average Bonchev–Trinajstić information content (AvgIpc) is 2.70. The Morgan fingerprint density at radius 3 is 2.39 bits per heavy atom. The second-order valence-corrected chi connectivity index (χ2v) is 7.66. The Morgan fingerprint density at radius 2 is 1.75 bits per heavy atom. The summed E-state index contributed by atoms with van der Waals surface area (Å²) in [4.78, 5) is 14.9. The smallest absolute Gasteiger partial charge is 0.256 e. The molecule has 0 aromatic heterocycles. The summed E-state index contributed by atoms with van der Waals surface area (Å²) in [6.07, 6.45) is 0.894. The van der Waals surface area contributed by atoms with Crippen LogP contribution < -0.4 is 19.5 Å². The van der Waals surface area contributed by atoms with E-state index in [0.717, 1.165) is 41.0 Å². The maximum Gasteiger partial charge on any atom is 0.256 e. The van der Waals surface area contributed by atoms with Gasteiger partial charge in [0.1, 0.15) is 5.75 Å². The molecule has 0 saturated heterocycles. The molecule has 1 aliphatic heterocycles. The molecule has 150 valence electrons. The molecule has 0 radical (unpaired) electrons. The van der Waals surface area contributed by atoms with E-state index in [-0.39, 0.29) is 5.91 Å². The minimum Gasteiger partial charge on any atom is -0.496 e. The summed E-state index contributed by atoms with van der Waals surface area (Å²) in [5.41, 5.74) is 3.88. The first-order chi connectivity index (χ1) is 13.5. The van der Waals surface area contributed by atoms with Crippen molar-refractivity contribution in [2.75, 3.05) is 34.5 Å². The molecule has 1 N–H and O–H groups in total. The summed E-state index contributed by atoms with van der Waals surface area (Å²) in [5.74, 6) is 1.92. The first kappa shape index (κ1) is 20.5. The second-order valence-electron chi connectivity index (χ2n) is 6.75. The van der Waals surface area contributed by atoms with Crippen LogP contribution in [-0.2, 0) is 13.0 Å². The molecule has 2 aromatic rings. The van der Waals surface area contributed by atoms with Crippen LogP contribution in [0.25, 0.3) is 0 Å². The Morgan fingerprint density at radius 1 is 1.07 bits per heavy atom. The van der Waals surface area contributed by atoms with Gasteiger partial charge in [0.25, 0.3) is 5.91 Å². The van der Waals surface area contributed by atoms with E-state index in [0.29, 0.717) is 18.0 Å². The van der Waals surface area contributed by atoms with Crippen molar-refractivity contribution in [2.24, 2.45) is 0 Å². The number of nitrogens with one attached hydrogen (secondary N) is 1. The summed E-state index contributed by atoms with van der Waals surface area (Å²) in [6, 6.07) is 7.77. The van der Waals surface area contributed by atoms with Crippen molar-refractivity contribution >= 4 is 21.8 Å². The average molecular weight is 445 g/mol. The number of rotatable bonds is 6. The first-order valence-electron chi connectivity index (χ1n) is 9.05. The van der Waals surface area contributed by atoms with Crippen LogP contribution in [0.1, 0.15) is 27.0 Å². The molecule has 28 heavy (non-hydrogen) atoms. The zero-order chi connectivity index (χ0) is 20.3. The number of carbonyl (C=O) groups excluding carboxylic acids is 1. The van der Waals surface area contributed by atoms with Crippen LogP contribution in [0.5, 0.6) is 17.2 Å². The van der Waals surface area contributed by atoms with E-state index in [1.165, 1.54) is 11.1 Å². The van der Waals surface area contributed by atoms with Gasteiger partial charge in [-0.2, -0.15) is 0 Å². The third-order valence-electron chi connectivity index (χ3n) is 4.95. The molecule has 0 fully saturated rings. The fourth-order valence-electron chi connectivity index (χ4n) is 3.52. The van der Waals surface area contributed by atoms with Gasteiger partial charge >= 0.3 is 0 Å². The van der Waals surface area contributed by atoms with Crippen LogP contribution in [0, 0.1) is 6.92 Å². The third kappa shape index (κ3) is 4.25. The summed E-state index contributed by atoms with van der Waals surface area (Å²) in [7, 11) is 4.86. The van der Waals surface area contributed by atoms with Crippen molar-refractivity contribution in [1.29, 1.82) is 0 Å². The highest BCUT2D eigenvalue weighted by Gasteiger charge is 2.21. The van der Waals surface area contributed by atoms with Crippen LogP contribution in [0.3, 0.4) is 0 Å². The number of halogens is 1. The zero-order valence-corrected chi connectivity index (χ0v) is 18.2. The Kier molecular flexibility index (Phi) is 6.46. The fourth-order valence-corrected chi connectivity index (χ4v) is 4.10. The van der Waals surface area contributed by atoms with E-state index in [1.54, 1.807) is 27.4 Å². The van der Waals surface area contributed by atoms with Gasteiger partial charge in [0.15, 0.2) is 11.5 Å². The lowest BCUT2D eigenvalue weighted by Crippen LogP contribution is -2.40. The summed E-state index contributed by atoms with van der Waals surface area (Å²) < 4.78 is 17.1. The van der Waals surface area contributed by atoms with Gasteiger partial charge in [0.05, 0.1) is 33.6 Å². The molecule has 7 heteroatoms. The Bertz CT molecular complexity index is 885. The number of amides is 1. The van der Waals surface area contributed by atoms with Gasteiger partial charge in [0.2, 0.25) is 0 Å². The van der Waals surface area contributed by atoms with Gasteiger partial charge in [-0.25, -0.2) is 0 Å². The molecule has 1 amide bonds. The van der Waals surface area contributed by atoms with Crippen LogP contribution in [-0.4, -0.2) is 45.3 Å². The van der Waals surface area contributed by atoms with Crippen molar-refractivity contribution in [1.82, 2.24) is 10.2 Å². The van der Waals surface area contributed by atoms with Crippen LogP contribution in [0.4, 0.5) is 0 Å². The highest BCUT2D eigenvalue weighted by molar-refractivity contribution is 9.10. The van der Waals surface area contributed by atoms with Crippen LogP contribution >= 0.6 is 15.9 Å². The minimum atomic E-state index is -0.153. The third-order valence-corrected chi connectivity index (χ3v) is 5.41. The highest BCUT2D eigenvalue weighted by atomic mass is 75.9. The van der Waals surface area contributed by atoms with Gasteiger partial charge in [-0.3, -0.25) is 9.69 Å². The summed E-state index contributed by atoms with van der Waals surface area (Å²) in [6.45, 7) is 3.98. The lowest BCUT2D eigenvalue weighted by Gasteiger charge is -2.29. The number of fused-ring (bicyclic) bond motifs is 1.